The molecule has 0 unspecified atom stereocenters. The number of hydrogen-bond donors (Lipinski definition) is 1. The maximum absolute atomic E-state index is 12.9. The lowest BCUT2D eigenvalue weighted by atomic mass is 10.3. The Morgan fingerprint density at radius 3 is 2.56 bits per heavy atom. The quantitative estimate of drug-likeness (QED) is 0.802. The number of anilines is 2. The SMILES string of the molecule is CCNc1nc(C)cc(N2CCN(S(=O)(=O)c3cccc(OC)c3)CC2)n1. The molecule has 0 saturated carbocycles. The number of piperazine rings is 1. The van der Waals surface area contributed by atoms with Crippen molar-refractivity contribution < 1.29 is 13.2 Å². The van der Waals surface area contributed by atoms with E-state index in [-0.39, 0.29) is 4.90 Å². The summed E-state index contributed by atoms with van der Waals surface area (Å²) in [5.41, 5.74) is 0.877. The molecule has 2 aromatic rings. The van der Waals surface area contributed by atoms with Crippen molar-refractivity contribution in [2.24, 2.45) is 0 Å². The largest absolute Gasteiger partial charge is 0.497 e. The summed E-state index contributed by atoms with van der Waals surface area (Å²) in [7, 11) is -2.02. The summed E-state index contributed by atoms with van der Waals surface area (Å²) in [6.45, 7) is 6.62. The first-order chi connectivity index (χ1) is 12.9. The number of nitrogens with one attached hydrogen (secondary N) is 1. The van der Waals surface area contributed by atoms with Gasteiger partial charge in [-0.1, -0.05) is 6.07 Å². The van der Waals surface area contributed by atoms with Gasteiger partial charge in [-0.2, -0.15) is 9.29 Å². The van der Waals surface area contributed by atoms with Gasteiger partial charge in [0, 0.05) is 50.6 Å². The summed E-state index contributed by atoms with van der Waals surface area (Å²) < 4.78 is 32.5. The number of benzene rings is 1. The lowest BCUT2D eigenvalue weighted by molar-refractivity contribution is 0.382. The van der Waals surface area contributed by atoms with Crippen molar-refractivity contribution in [2.75, 3.05) is 50.1 Å². The van der Waals surface area contributed by atoms with Gasteiger partial charge in [-0.15, -0.1) is 0 Å². The van der Waals surface area contributed by atoms with Gasteiger partial charge in [-0.3, -0.25) is 0 Å². The van der Waals surface area contributed by atoms with Gasteiger partial charge in [0.25, 0.3) is 0 Å². The van der Waals surface area contributed by atoms with Crippen molar-refractivity contribution in [3.8, 4) is 5.75 Å². The van der Waals surface area contributed by atoms with E-state index in [0.717, 1.165) is 18.1 Å². The zero-order valence-electron chi connectivity index (χ0n) is 15.8. The third-order valence-electron chi connectivity index (χ3n) is 4.42. The minimum Gasteiger partial charge on any atom is -0.497 e. The van der Waals surface area contributed by atoms with Crippen molar-refractivity contribution in [3.05, 3.63) is 36.0 Å². The van der Waals surface area contributed by atoms with Crippen LogP contribution >= 0.6 is 0 Å². The van der Waals surface area contributed by atoms with E-state index >= 15 is 0 Å². The van der Waals surface area contributed by atoms with Crippen LogP contribution in [0, 0.1) is 6.92 Å². The highest BCUT2D eigenvalue weighted by molar-refractivity contribution is 7.89. The smallest absolute Gasteiger partial charge is 0.243 e. The molecule has 0 aliphatic carbocycles. The van der Waals surface area contributed by atoms with Crippen LogP contribution < -0.4 is 15.0 Å². The summed E-state index contributed by atoms with van der Waals surface area (Å²) in [6, 6.07) is 8.50. The maximum Gasteiger partial charge on any atom is 0.243 e. The van der Waals surface area contributed by atoms with Crippen molar-refractivity contribution in [2.45, 2.75) is 18.7 Å². The van der Waals surface area contributed by atoms with Crippen LogP contribution in [0.3, 0.4) is 0 Å². The van der Waals surface area contributed by atoms with Crippen LogP contribution in [0.1, 0.15) is 12.6 Å². The summed E-state index contributed by atoms with van der Waals surface area (Å²) in [4.78, 5) is 11.2. The molecule has 1 aromatic carbocycles. The molecule has 2 heterocycles. The summed E-state index contributed by atoms with van der Waals surface area (Å²) in [5.74, 6) is 1.94. The molecule has 1 fully saturated rings. The van der Waals surface area contributed by atoms with Gasteiger partial charge in [0.15, 0.2) is 0 Å². The predicted octanol–water partition coefficient (Wildman–Crippen LogP) is 1.74. The molecule has 0 spiro atoms. The second kappa shape index (κ2) is 8.10. The fraction of sp³-hybridized carbons (Fsp3) is 0.444. The second-order valence-electron chi connectivity index (χ2n) is 6.29. The monoisotopic (exact) mass is 391 g/mol. The molecular formula is C18H25N5O3S. The number of rotatable bonds is 6. The van der Waals surface area contributed by atoms with Gasteiger partial charge in [-0.05, 0) is 26.0 Å². The third-order valence-corrected chi connectivity index (χ3v) is 6.31. The number of methoxy groups -OCH3 is 1. The van der Waals surface area contributed by atoms with Gasteiger partial charge in [0.1, 0.15) is 11.6 Å². The number of sulfonamides is 1. The zero-order valence-corrected chi connectivity index (χ0v) is 16.7. The van der Waals surface area contributed by atoms with Gasteiger partial charge >= 0.3 is 0 Å². The molecule has 146 valence electrons. The highest BCUT2D eigenvalue weighted by Gasteiger charge is 2.29. The summed E-state index contributed by atoms with van der Waals surface area (Å²) in [5, 5.41) is 3.13. The molecule has 1 aliphatic rings. The molecular weight excluding hydrogens is 366 g/mol. The fourth-order valence-electron chi connectivity index (χ4n) is 3.02. The Bertz CT molecular complexity index is 896. The summed E-state index contributed by atoms with van der Waals surface area (Å²) >= 11 is 0. The molecule has 1 saturated heterocycles. The Balaban J connectivity index is 1.73. The molecule has 0 amide bonds. The number of nitrogens with zero attached hydrogens (tertiary/aromatic N) is 4. The normalized spacial score (nSPS) is 15.6. The number of ether oxygens (including phenoxy) is 1. The van der Waals surface area contributed by atoms with E-state index in [0.29, 0.717) is 37.9 Å². The van der Waals surface area contributed by atoms with Crippen LogP contribution in [-0.2, 0) is 10.0 Å². The Labute approximate surface area is 160 Å². The average molecular weight is 391 g/mol. The standard InChI is InChI=1S/C18H25N5O3S/c1-4-19-18-20-14(2)12-17(21-18)22-8-10-23(11-9-22)27(24,25)16-7-5-6-15(13-16)26-3/h5-7,12-13H,4,8-11H2,1-3H3,(H,19,20,21). The molecule has 0 atom stereocenters. The first-order valence-corrected chi connectivity index (χ1v) is 10.4. The summed E-state index contributed by atoms with van der Waals surface area (Å²) in [6.07, 6.45) is 0. The third kappa shape index (κ3) is 4.30. The van der Waals surface area contributed by atoms with Gasteiger partial charge in [0.05, 0.1) is 12.0 Å². The molecule has 1 aliphatic heterocycles. The number of hydrogen-bond acceptors (Lipinski definition) is 7. The van der Waals surface area contributed by atoms with E-state index in [1.54, 1.807) is 24.3 Å². The zero-order chi connectivity index (χ0) is 19.4. The first-order valence-electron chi connectivity index (χ1n) is 8.92. The highest BCUT2D eigenvalue weighted by Crippen LogP contribution is 2.23. The van der Waals surface area contributed by atoms with E-state index in [4.69, 9.17) is 4.74 Å². The van der Waals surface area contributed by atoms with Crippen LogP contribution in [0.4, 0.5) is 11.8 Å². The Hall–Kier alpha value is -2.39. The first kappa shape index (κ1) is 19.4. The minimum atomic E-state index is -3.54. The van der Waals surface area contributed by atoms with E-state index in [1.807, 2.05) is 19.9 Å². The van der Waals surface area contributed by atoms with E-state index in [2.05, 4.69) is 20.2 Å². The van der Waals surface area contributed by atoms with E-state index in [1.165, 1.54) is 11.4 Å². The fourth-order valence-corrected chi connectivity index (χ4v) is 4.48. The Kier molecular flexibility index (Phi) is 5.81. The van der Waals surface area contributed by atoms with E-state index in [9.17, 15) is 8.42 Å². The number of aryl methyl sites for hydroxylation is 1. The van der Waals surface area contributed by atoms with Crippen LogP contribution in [0.2, 0.25) is 0 Å². The van der Waals surface area contributed by atoms with Crippen LogP contribution in [0.5, 0.6) is 5.75 Å². The minimum absolute atomic E-state index is 0.252. The van der Waals surface area contributed by atoms with E-state index < -0.39 is 10.0 Å². The van der Waals surface area contributed by atoms with Gasteiger partial charge < -0.3 is 15.0 Å². The number of aromatic nitrogens is 2. The average Bonchev–Trinajstić information content (AvgIpc) is 2.68. The maximum atomic E-state index is 12.9. The topological polar surface area (TPSA) is 87.7 Å². The van der Waals surface area contributed by atoms with Crippen LogP contribution in [0.25, 0.3) is 0 Å². The second-order valence-corrected chi connectivity index (χ2v) is 8.23. The van der Waals surface area contributed by atoms with Crippen molar-refractivity contribution in [1.29, 1.82) is 0 Å². The van der Waals surface area contributed by atoms with Crippen molar-refractivity contribution in [3.63, 3.8) is 0 Å². The highest BCUT2D eigenvalue weighted by atomic mass is 32.2. The van der Waals surface area contributed by atoms with Gasteiger partial charge in [-0.25, -0.2) is 13.4 Å². The molecule has 27 heavy (non-hydrogen) atoms. The van der Waals surface area contributed by atoms with Crippen molar-refractivity contribution in [1.82, 2.24) is 14.3 Å². The lowest BCUT2D eigenvalue weighted by Crippen LogP contribution is -2.49. The Morgan fingerprint density at radius 1 is 1.15 bits per heavy atom. The molecule has 9 heteroatoms. The molecule has 1 aromatic heterocycles. The Morgan fingerprint density at radius 2 is 1.89 bits per heavy atom. The van der Waals surface area contributed by atoms with Gasteiger partial charge in [0.2, 0.25) is 16.0 Å². The predicted molar refractivity (Wildman–Crippen MR) is 105 cm³/mol. The molecule has 0 radical (unpaired) electrons. The van der Waals surface area contributed by atoms with Crippen molar-refractivity contribution >= 4 is 21.8 Å². The molecule has 3 rings (SSSR count). The molecule has 0 bridgehead atoms. The van der Waals surface area contributed by atoms with Crippen LogP contribution in [0.15, 0.2) is 35.2 Å². The lowest BCUT2D eigenvalue weighted by Gasteiger charge is -2.34. The molecule has 1 N–H and O–H groups in total. The molecule has 8 nitrogen and oxygen atoms in total. The van der Waals surface area contributed by atoms with Crippen LogP contribution in [-0.4, -0.2) is 62.5 Å².